The Hall–Kier alpha value is -3.22. The SMILES string of the molecule is CC(=O)c1c(C)[nH]c(C(=O)N(C)Cc2nc3ccccc3c(=O)[nH]2)c1C. The highest BCUT2D eigenvalue weighted by Gasteiger charge is 2.22. The maximum Gasteiger partial charge on any atom is 0.270 e. The predicted molar refractivity (Wildman–Crippen MR) is 98.4 cm³/mol. The first-order valence-corrected chi connectivity index (χ1v) is 8.23. The van der Waals surface area contributed by atoms with Crippen molar-refractivity contribution in [1.82, 2.24) is 19.9 Å². The van der Waals surface area contributed by atoms with Gasteiger partial charge in [-0.3, -0.25) is 14.4 Å². The Morgan fingerprint density at radius 3 is 2.50 bits per heavy atom. The molecule has 0 unspecified atom stereocenters. The average Bonchev–Trinajstić information content (AvgIpc) is 2.88. The molecule has 3 aromatic rings. The Morgan fingerprint density at radius 1 is 1.15 bits per heavy atom. The molecule has 2 heterocycles. The highest BCUT2D eigenvalue weighted by molar-refractivity contribution is 6.02. The van der Waals surface area contributed by atoms with E-state index in [2.05, 4.69) is 15.0 Å². The third-order valence-corrected chi connectivity index (χ3v) is 4.40. The van der Waals surface area contributed by atoms with Crippen LogP contribution in [0.3, 0.4) is 0 Å². The monoisotopic (exact) mass is 352 g/mol. The van der Waals surface area contributed by atoms with Crippen molar-refractivity contribution in [1.29, 1.82) is 0 Å². The third-order valence-electron chi connectivity index (χ3n) is 4.40. The molecule has 3 rings (SSSR count). The number of ketones is 1. The van der Waals surface area contributed by atoms with Crippen LogP contribution in [0, 0.1) is 13.8 Å². The molecule has 0 spiro atoms. The normalized spacial score (nSPS) is 10.9. The first kappa shape index (κ1) is 17.6. The molecule has 0 aliphatic heterocycles. The van der Waals surface area contributed by atoms with Crippen LogP contribution < -0.4 is 5.56 Å². The van der Waals surface area contributed by atoms with Crippen molar-refractivity contribution in [2.45, 2.75) is 27.3 Å². The predicted octanol–water partition coefficient (Wildman–Crippen LogP) is 2.34. The van der Waals surface area contributed by atoms with Crippen molar-refractivity contribution >= 4 is 22.6 Å². The van der Waals surface area contributed by atoms with Gasteiger partial charge in [0.1, 0.15) is 11.5 Å². The maximum absolute atomic E-state index is 12.8. The van der Waals surface area contributed by atoms with Gasteiger partial charge in [0.25, 0.3) is 11.5 Å². The number of amides is 1. The Balaban J connectivity index is 1.90. The summed E-state index contributed by atoms with van der Waals surface area (Å²) in [7, 11) is 1.63. The van der Waals surface area contributed by atoms with Gasteiger partial charge in [0.05, 0.1) is 17.4 Å². The number of rotatable bonds is 4. The molecule has 7 nitrogen and oxygen atoms in total. The Morgan fingerprint density at radius 2 is 1.85 bits per heavy atom. The zero-order valence-electron chi connectivity index (χ0n) is 15.1. The summed E-state index contributed by atoms with van der Waals surface area (Å²) in [5.41, 5.74) is 2.56. The Kier molecular flexibility index (Phi) is 4.46. The van der Waals surface area contributed by atoms with Crippen molar-refractivity contribution < 1.29 is 9.59 Å². The fourth-order valence-electron chi connectivity index (χ4n) is 3.19. The van der Waals surface area contributed by atoms with Gasteiger partial charge < -0.3 is 14.9 Å². The van der Waals surface area contributed by atoms with Gasteiger partial charge in [-0.2, -0.15) is 0 Å². The summed E-state index contributed by atoms with van der Waals surface area (Å²) in [6.45, 7) is 5.14. The molecule has 7 heteroatoms. The second-order valence-corrected chi connectivity index (χ2v) is 6.37. The van der Waals surface area contributed by atoms with E-state index < -0.39 is 0 Å². The molecule has 0 saturated heterocycles. The lowest BCUT2D eigenvalue weighted by Crippen LogP contribution is -2.29. The molecular formula is C19H20N4O3. The largest absolute Gasteiger partial charge is 0.354 e. The van der Waals surface area contributed by atoms with Gasteiger partial charge in [0.2, 0.25) is 0 Å². The van der Waals surface area contributed by atoms with Crippen LogP contribution in [0.4, 0.5) is 0 Å². The van der Waals surface area contributed by atoms with E-state index in [1.807, 2.05) is 6.07 Å². The van der Waals surface area contributed by atoms with Crippen molar-refractivity contribution in [3.63, 3.8) is 0 Å². The van der Waals surface area contributed by atoms with Gasteiger partial charge in [0.15, 0.2) is 5.78 Å². The second kappa shape index (κ2) is 6.59. The standard InChI is InChI=1S/C19H20N4O3/c1-10-16(12(3)24)11(2)20-17(10)19(26)23(4)9-15-21-14-8-6-5-7-13(14)18(25)22-15/h5-8,20H,9H2,1-4H3,(H,21,22,25). The van der Waals surface area contributed by atoms with Gasteiger partial charge >= 0.3 is 0 Å². The lowest BCUT2D eigenvalue weighted by molar-refractivity contribution is 0.0775. The molecule has 0 aliphatic carbocycles. The molecule has 0 saturated carbocycles. The highest BCUT2D eigenvalue weighted by Crippen LogP contribution is 2.20. The van der Waals surface area contributed by atoms with E-state index in [1.54, 1.807) is 39.1 Å². The summed E-state index contributed by atoms with van der Waals surface area (Å²) in [4.78, 5) is 48.3. The molecule has 1 aromatic carbocycles. The zero-order chi connectivity index (χ0) is 19.0. The Labute approximate surface area is 150 Å². The number of carbonyl (C=O) groups is 2. The first-order chi connectivity index (χ1) is 12.3. The number of nitrogens with zero attached hydrogens (tertiary/aromatic N) is 2. The van der Waals surface area contributed by atoms with E-state index in [0.717, 1.165) is 0 Å². The summed E-state index contributed by atoms with van der Waals surface area (Å²) in [5.74, 6) is 0.0460. The minimum Gasteiger partial charge on any atom is -0.354 e. The highest BCUT2D eigenvalue weighted by atomic mass is 16.2. The molecule has 0 bridgehead atoms. The number of H-pyrrole nitrogens is 2. The topological polar surface area (TPSA) is 98.9 Å². The van der Waals surface area contributed by atoms with Crippen LogP contribution in [0.5, 0.6) is 0 Å². The van der Waals surface area contributed by atoms with Gasteiger partial charge in [-0.15, -0.1) is 0 Å². The summed E-state index contributed by atoms with van der Waals surface area (Å²) >= 11 is 0. The van der Waals surface area contributed by atoms with Crippen LogP contribution >= 0.6 is 0 Å². The molecule has 0 radical (unpaired) electrons. The molecule has 0 fully saturated rings. The van der Waals surface area contributed by atoms with E-state index in [9.17, 15) is 14.4 Å². The number of aryl methyl sites for hydroxylation is 1. The second-order valence-electron chi connectivity index (χ2n) is 6.37. The minimum atomic E-state index is -0.270. The lowest BCUT2D eigenvalue weighted by Gasteiger charge is -2.16. The van der Waals surface area contributed by atoms with Crippen LogP contribution in [-0.4, -0.2) is 38.6 Å². The molecule has 134 valence electrons. The van der Waals surface area contributed by atoms with Gasteiger partial charge in [0, 0.05) is 18.3 Å². The molecule has 2 N–H and O–H groups in total. The Bertz CT molecular complexity index is 1080. The van der Waals surface area contributed by atoms with E-state index in [4.69, 9.17) is 0 Å². The van der Waals surface area contributed by atoms with Gasteiger partial charge in [-0.05, 0) is 38.5 Å². The number of aromatic nitrogens is 3. The summed E-state index contributed by atoms with van der Waals surface area (Å²) < 4.78 is 0. The fraction of sp³-hybridized carbons (Fsp3) is 0.263. The van der Waals surface area contributed by atoms with Crippen molar-refractivity contribution in [2.24, 2.45) is 0 Å². The van der Waals surface area contributed by atoms with E-state index in [-0.39, 0.29) is 23.8 Å². The molecule has 0 aliphatic rings. The van der Waals surface area contributed by atoms with Gasteiger partial charge in [-0.25, -0.2) is 4.98 Å². The van der Waals surface area contributed by atoms with E-state index >= 15 is 0 Å². The number of Topliss-reactive ketones (excluding diaryl/α,β-unsaturated/α-hetero) is 1. The summed E-state index contributed by atoms with van der Waals surface area (Å²) in [5, 5.41) is 0.507. The maximum atomic E-state index is 12.8. The molecular weight excluding hydrogens is 332 g/mol. The smallest absolute Gasteiger partial charge is 0.270 e. The van der Waals surface area contributed by atoms with Crippen LogP contribution in [0.25, 0.3) is 10.9 Å². The fourth-order valence-corrected chi connectivity index (χ4v) is 3.19. The lowest BCUT2D eigenvalue weighted by atomic mass is 10.1. The number of hydrogen-bond donors (Lipinski definition) is 2. The number of aromatic amines is 2. The first-order valence-electron chi connectivity index (χ1n) is 8.23. The number of benzene rings is 1. The van der Waals surface area contributed by atoms with Crippen LogP contribution in [0.1, 0.15) is 44.9 Å². The molecule has 0 atom stereocenters. The summed E-state index contributed by atoms with van der Waals surface area (Å²) in [6.07, 6.45) is 0. The quantitative estimate of drug-likeness (QED) is 0.704. The van der Waals surface area contributed by atoms with Gasteiger partial charge in [-0.1, -0.05) is 12.1 Å². The van der Waals surface area contributed by atoms with E-state index in [1.165, 1.54) is 11.8 Å². The van der Waals surface area contributed by atoms with E-state index in [0.29, 0.717) is 39.2 Å². The number of para-hydroxylation sites is 1. The number of fused-ring (bicyclic) bond motifs is 1. The summed E-state index contributed by atoms with van der Waals surface area (Å²) in [6, 6.07) is 7.04. The molecule has 1 amide bonds. The average molecular weight is 352 g/mol. The number of carbonyl (C=O) groups excluding carboxylic acids is 2. The number of nitrogens with one attached hydrogen (secondary N) is 2. The van der Waals surface area contributed by atoms with Crippen LogP contribution in [0.2, 0.25) is 0 Å². The molecule has 26 heavy (non-hydrogen) atoms. The third kappa shape index (κ3) is 3.03. The van der Waals surface area contributed by atoms with Crippen molar-refractivity contribution in [3.8, 4) is 0 Å². The number of hydrogen-bond acceptors (Lipinski definition) is 4. The van der Waals surface area contributed by atoms with Crippen LogP contribution in [-0.2, 0) is 6.54 Å². The van der Waals surface area contributed by atoms with Crippen molar-refractivity contribution in [3.05, 3.63) is 63.0 Å². The molecule has 2 aromatic heterocycles. The van der Waals surface area contributed by atoms with Crippen molar-refractivity contribution in [2.75, 3.05) is 7.05 Å². The van der Waals surface area contributed by atoms with Crippen LogP contribution in [0.15, 0.2) is 29.1 Å². The zero-order valence-corrected chi connectivity index (χ0v) is 15.1. The minimum absolute atomic E-state index is 0.0847.